The van der Waals surface area contributed by atoms with E-state index in [4.69, 9.17) is 0 Å². The van der Waals surface area contributed by atoms with E-state index in [0.29, 0.717) is 19.5 Å². The zero-order chi connectivity index (χ0) is 16.4. The Labute approximate surface area is 129 Å². The van der Waals surface area contributed by atoms with E-state index in [2.05, 4.69) is 10.6 Å². The van der Waals surface area contributed by atoms with E-state index in [1.165, 1.54) is 19.1 Å². The molecule has 1 aromatic carbocycles. The van der Waals surface area contributed by atoms with E-state index < -0.39 is 4.92 Å². The van der Waals surface area contributed by atoms with Gasteiger partial charge in [-0.1, -0.05) is 18.6 Å². The Morgan fingerprint density at radius 3 is 2.36 bits per heavy atom. The van der Waals surface area contributed by atoms with Gasteiger partial charge in [0.2, 0.25) is 11.8 Å². The zero-order valence-electron chi connectivity index (χ0n) is 12.6. The van der Waals surface area contributed by atoms with Crippen molar-refractivity contribution in [2.45, 2.75) is 39.2 Å². The summed E-state index contributed by atoms with van der Waals surface area (Å²) in [6, 6.07) is 6.10. The second-order valence-corrected chi connectivity index (χ2v) is 4.99. The molecule has 2 N–H and O–H groups in total. The van der Waals surface area contributed by atoms with Crippen LogP contribution < -0.4 is 10.6 Å². The Kier molecular flexibility index (Phi) is 7.60. The highest BCUT2D eigenvalue weighted by atomic mass is 16.6. The largest absolute Gasteiger partial charge is 0.356 e. The number of nitrogens with one attached hydrogen (secondary N) is 2. The number of nitro benzene ring substituents is 1. The molecule has 0 aromatic heterocycles. The van der Waals surface area contributed by atoms with E-state index in [1.807, 2.05) is 0 Å². The second-order valence-electron chi connectivity index (χ2n) is 4.99. The van der Waals surface area contributed by atoms with Crippen LogP contribution in [0.5, 0.6) is 0 Å². The monoisotopic (exact) mass is 307 g/mol. The van der Waals surface area contributed by atoms with Gasteiger partial charge in [-0.25, -0.2) is 0 Å². The summed E-state index contributed by atoms with van der Waals surface area (Å²) >= 11 is 0. The van der Waals surface area contributed by atoms with Gasteiger partial charge >= 0.3 is 0 Å². The van der Waals surface area contributed by atoms with Crippen LogP contribution in [0.3, 0.4) is 0 Å². The molecule has 0 atom stereocenters. The molecule has 0 bridgehead atoms. The number of amides is 2. The molecule has 7 heteroatoms. The van der Waals surface area contributed by atoms with E-state index in [-0.39, 0.29) is 17.5 Å². The van der Waals surface area contributed by atoms with Crippen LogP contribution >= 0.6 is 0 Å². The van der Waals surface area contributed by atoms with E-state index in [9.17, 15) is 19.7 Å². The number of nitrogens with zero attached hydrogens (tertiary/aromatic N) is 1. The summed E-state index contributed by atoms with van der Waals surface area (Å²) in [7, 11) is 0. The third-order valence-corrected chi connectivity index (χ3v) is 3.09. The molecule has 0 aliphatic heterocycles. The molecule has 0 radical (unpaired) electrons. The van der Waals surface area contributed by atoms with Crippen molar-refractivity contribution in [2.24, 2.45) is 0 Å². The Morgan fingerprint density at radius 1 is 1.09 bits per heavy atom. The summed E-state index contributed by atoms with van der Waals surface area (Å²) < 4.78 is 0. The number of non-ortho nitro benzene ring substituents is 1. The van der Waals surface area contributed by atoms with Crippen molar-refractivity contribution in [3.8, 4) is 0 Å². The number of hydrogen-bond acceptors (Lipinski definition) is 4. The maximum absolute atomic E-state index is 11.6. The predicted octanol–water partition coefficient (Wildman–Crippen LogP) is 1.91. The average molecular weight is 307 g/mol. The summed E-state index contributed by atoms with van der Waals surface area (Å²) in [5.74, 6) is -0.0845. The third-order valence-electron chi connectivity index (χ3n) is 3.09. The first kappa shape index (κ1) is 17.6. The number of rotatable bonds is 9. The first-order valence-electron chi connectivity index (χ1n) is 7.23. The smallest absolute Gasteiger partial charge is 0.269 e. The van der Waals surface area contributed by atoms with Crippen molar-refractivity contribution in [1.82, 2.24) is 10.6 Å². The molecular weight excluding hydrogens is 286 g/mol. The van der Waals surface area contributed by atoms with Crippen LogP contribution in [0.4, 0.5) is 5.69 Å². The Bertz CT molecular complexity index is 514. The van der Waals surface area contributed by atoms with Crippen LogP contribution in [-0.4, -0.2) is 23.3 Å². The van der Waals surface area contributed by atoms with Crippen LogP contribution in [0.25, 0.3) is 0 Å². The number of benzene rings is 1. The molecule has 0 spiro atoms. The summed E-state index contributed by atoms with van der Waals surface area (Å²) in [4.78, 5) is 32.4. The molecule has 0 unspecified atom stereocenters. The van der Waals surface area contributed by atoms with E-state index in [0.717, 1.165) is 24.8 Å². The lowest BCUT2D eigenvalue weighted by atomic mass is 10.1. The van der Waals surface area contributed by atoms with Gasteiger partial charge in [0.15, 0.2) is 0 Å². The number of nitro groups is 1. The standard InChI is InChI=1S/C15H21N3O4/c1-12(19)16-10-4-2-3-5-15(20)17-11-13-6-8-14(9-7-13)18(21)22/h6-9H,2-5,10-11H2,1H3,(H,16,19)(H,17,20). The van der Waals surface area contributed by atoms with Crippen molar-refractivity contribution in [3.05, 3.63) is 39.9 Å². The molecule has 7 nitrogen and oxygen atoms in total. The molecule has 120 valence electrons. The molecule has 0 saturated carbocycles. The summed E-state index contributed by atoms with van der Waals surface area (Å²) in [6.07, 6.45) is 2.94. The van der Waals surface area contributed by atoms with Crippen LogP contribution in [0.1, 0.15) is 38.2 Å². The quantitative estimate of drug-likeness (QED) is 0.413. The number of hydrogen-bond donors (Lipinski definition) is 2. The number of carbonyl (C=O) groups is 2. The van der Waals surface area contributed by atoms with E-state index in [1.54, 1.807) is 12.1 Å². The lowest BCUT2D eigenvalue weighted by Crippen LogP contribution is -2.23. The fourth-order valence-electron chi connectivity index (χ4n) is 1.88. The van der Waals surface area contributed by atoms with Crippen LogP contribution in [-0.2, 0) is 16.1 Å². The minimum atomic E-state index is -0.455. The number of carbonyl (C=O) groups excluding carboxylic acids is 2. The van der Waals surface area contributed by atoms with Crippen molar-refractivity contribution in [3.63, 3.8) is 0 Å². The van der Waals surface area contributed by atoms with Gasteiger partial charge in [0.05, 0.1) is 4.92 Å². The average Bonchev–Trinajstić information content (AvgIpc) is 2.48. The highest BCUT2D eigenvalue weighted by molar-refractivity contribution is 5.75. The summed E-state index contributed by atoms with van der Waals surface area (Å²) in [5, 5.41) is 16.0. The molecular formula is C15H21N3O4. The summed E-state index contributed by atoms with van der Waals surface area (Å²) in [5.41, 5.74) is 0.860. The lowest BCUT2D eigenvalue weighted by Gasteiger charge is -2.05. The first-order valence-corrected chi connectivity index (χ1v) is 7.23. The fourth-order valence-corrected chi connectivity index (χ4v) is 1.88. The molecule has 0 fully saturated rings. The Balaban J connectivity index is 2.15. The maximum Gasteiger partial charge on any atom is 0.269 e. The van der Waals surface area contributed by atoms with E-state index >= 15 is 0 Å². The first-order chi connectivity index (χ1) is 10.5. The lowest BCUT2D eigenvalue weighted by molar-refractivity contribution is -0.384. The minimum Gasteiger partial charge on any atom is -0.356 e. The summed E-state index contributed by atoms with van der Waals surface area (Å²) in [6.45, 7) is 2.48. The molecule has 0 aliphatic carbocycles. The minimum absolute atomic E-state index is 0.0363. The van der Waals surface area contributed by atoms with Crippen molar-refractivity contribution >= 4 is 17.5 Å². The van der Waals surface area contributed by atoms with Gasteiger partial charge in [0.1, 0.15) is 0 Å². The highest BCUT2D eigenvalue weighted by Gasteiger charge is 2.05. The van der Waals surface area contributed by atoms with Crippen LogP contribution in [0.15, 0.2) is 24.3 Å². The van der Waals surface area contributed by atoms with Gasteiger partial charge in [-0.15, -0.1) is 0 Å². The molecule has 2 amide bonds. The van der Waals surface area contributed by atoms with Gasteiger partial charge in [-0.3, -0.25) is 19.7 Å². The Hall–Kier alpha value is -2.44. The van der Waals surface area contributed by atoms with Gasteiger partial charge in [0.25, 0.3) is 5.69 Å². The molecule has 0 aliphatic rings. The van der Waals surface area contributed by atoms with Gasteiger partial charge in [-0.2, -0.15) is 0 Å². The Morgan fingerprint density at radius 2 is 1.77 bits per heavy atom. The molecule has 0 saturated heterocycles. The van der Waals surface area contributed by atoms with Crippen molar-refractivity contribution in [1.29, 1.82) is 0 Å². The molecule has 1 rings (SSSR count). The van der Waals surface area contributed by atoms with Gasteiger partial charge in [0, 0.05) is 38.6 Å². The molecule has 22 heavy (non-hydrogen) atoms. The topological polar surface area (TPSA) is 101 Å². The van der Waals surface area contributed by atoms with Gasteiger partial charge < -0.3 is 10.6 Å². The van der Waals surface area contributed by atoms with Gasteiger partial charge in [-0.05, 0) is 18.4 Å². The zero-order valence-corrected chi connectivity index (χ0v) is 12.6. The van der Waals surface area contributed by atoms with Crippen molar-refractivity contribution < 1.29 is 14.5 Å². The SMILES string of the molecule is CC(=O)NCCCCCC(=O)NCc1ccc([N+](=O)[O-])cc1. The third kappa shape index (κ3) is 7.37. The van der Waals surface area contributed by atoms with Crippen LogP contribution in [0, 0.1) is 10.1 Å². The maximum atomic E-state index is 11.6. The molecule has 1 aromatic rings. The fraction of sp³-hybridized carbons (Fsp3) is 0.467. The second kappa shape index (κ2) is 9.49. The normalized spacial score (nSPS) is 10.0. The van der Waals surface area contributed by atoms with Crippen molar-refractivity contribution in [2.75, 3.05) is 6.54 Å². The number of unbranched alkanes of at least 4 members (excludes halogenated alkanes) is 2. The predicted molar refractivity (Wildman–Crippen MR) is 82.1 cm³/mol. The highest BCUT2D eigenvalue weighted by Crippen LogP contribution is 2.11. The molecule has 0 heterocycles. The van der Waals surface area contributed by atoms with Crippen LogP contribution in [0.2, 0.25) is 0 Å².